The summed E-state index contributed by atoms with van der Waals surface area (Å²) in [5.41, 5.74) is 3.24. The van der Waals surface area contributed by atoms with Crippen molar-refractivity contribution in [1.82, 2.24) is 0 Å². The number of carbonyl (C=O) groups is 3. The zero-order valence-electron chi connectivity index (χ0n) is 20.2. The highest BCUT2D eigenvalue weighted by Gasteiger charge is 2.12. The van der Waals surface area contributed by atoms with E-state index >= 15 is 0 Å². The fourth-order valence-electron chi connectivity index (χ4n) is 3.65. The van der Waals surface area contributed by atoms with E-state index in [0.29, 0.717) is 11.3 Å². The topological polar surface area (TPSA) is 110 Å². The van der Waals surface area contributed by atoms with Gasteiger partial charge in [0.05, 0.1) is 11.1 Å². The van der Waals surface area contributed by atoms with Gasteiger partial charge < -0.3 is 19.7 Å². The number of carboxylic acids is 2. The van der Waals surface area contributed by atoms with E-state index in [4.69, 9.17) is 19.7 Å². The van der Waals surface area contributed by atoms with E-state index in [2.05, 4.69) is 0 Å². The molecule has 0 aliphatic carbocycles. The zero-order chi connectivity index (χ0) is 26.9. The molecule has 38 heavy (non-hydrogen) atoms. The minimum atomic E-state index is -1.24. The highest BCUT2D eigenvalue weighted by Crippen LogP contribution is 2.23. The van der Waals surface area contributed by atoms with Crippen LogP contribution >= 0.6 is 0 Å². The summed E-state index contributed by atoms with van der Waals surface area (Å²) >= 11 is 0. The van der Waals surface area contributed by atoms with Crippen LogP contribution in [0.5, 0.6) is 11.5 Å². The number of carbonyl (C=O) groups excluding carboxylic acids is 1. The fraction of sp³-hybridized carbons (Fsp3) is 0.0645. The van der Waals surface area contributed by atoms with E-state index < -0.39 is 11.9 Å². The first-order valence-electron chi connectivity index (χ1n) is 11.7. The second-order valence-electron chi connectivity index (χ2n) is 8.26. The largest absolute Gasteiger partial charge is 0.490 e. The van der Waals surface area contributed by atoms with E-state index in [-0.39, 0.29) is 35.9 Å². The Morgan fingerprint density at radius 3 is 1.68 bits per heavy atom. The third kappa shape index (κ3) is 6.95. The zero-order valence-corrected chi connectivity index (χ0v) is 20.2. The molecule has 0 bridgehead atoms. The molecule has 0 amide bonds. The van der Waals surface area contributed by atoms with Gasteiger partial charge >= 0.3 is 11.9 Å². The molecule has 7 nitrogen and oxygen atoms in total. The van der Waals surface area contributed by atoms with Crippen LogP contribution in [0.15, 0.2) is 103 Å². The number of rotatable bonds is 11. The van der Waals surface area contributed by atoms with Gasteiger partial charge in [-0.25, -0.2) is 9.59 Å². The predicted octanol–water partition coefficient (Wildman–Crippen LogP) is 6.10. The lowest BCUT2D eigenvalue weighted by molar-refractivity contribution is 0.0696. The normalized spacial score (nSPS) is 10.7. The minimum Gasteiger partial charge on any atom is -0.490 e. The Labute approximate surface area is 219 Å². The summed E-state index contributed by atoms with van der Waals surface area (Å²) in [6.45, 7) is 0.285. The average Bonchev–Trinajstić information content (AvgIpc) is 2.95. The molecule has 0 unspecified atom stereocenters. The van der Waals surface area contributed by atoms with Crippen LogP contribution in [0.1, 0.15) is 36.6 Å². The SMILES string of the molecule is O=C(O)c1cc(OCCOc2ccc(-c3ccc(/C=C/C(=O)c4ccccc4)cc3)cc2)cc(C(=O)O)c1. The van der Waals surface area contributed by atoms with Crippen molar-refractivity contribution in [2.75, 3.05) is 13.2 Å². The molecule has 2 N–H and O–H groups in total. The van der Waals surface area contributed by atoms with Crippen molar-refractivity contribution in [2.45, 2.75) is 0 Å². The Kier molecular flexibility index (Phi) is 8.31. The summed E-state index contributed by atoms with van der Waals surface area (Å²) in [7, 11) is 0. The maximum Gasteiger partial charge on any atom is 0.335 e. The summed E-state index contributed by atoms with van der Waals surface area (Å²) in [6, 6.07) is 28.1. The molecule has 4 aromatic carbocycles. The third-order valence-electron chi connectivity index (χ3n) is 5.61. The van der Waals surface area contributed by atoms with Crippen molar-refractivity contribution < 1.29 is 34.1 Å². The van der Waals surface area contributed by atoms with Gasteiger partial charge in [0.25, 0.3) is 0 Å². The van der Waals surface area contributed by atoms with Gasteiger partial charge in [0, 0.05) is 5.56 Å². The highest BCUT2D eigenvalue weighted by molar-refractivity contribution is 6.06. The number of aromatic carboxylic acids is 2. The molecule has 0 aliphatic rings. The van der Waals surface area contributed by atoms with Crippen LogP contribution < -0.4 is 9.47 Å². The summed E-state index contributed by atoms with van der Waals surface area (Å²) in [5.74, 6) is -1.75. The average molecular weight is 509 g/mol. The minimum absolute atomic E-state index is 0.0468. The van der Waals surface area contributed by atoms with Crippen LogP contribution in [0.4, 0.5) is 0 Å². The Hall–Kier alpha value is -5.17. The van der Waals surface area contributed by atoms with Gasteiger partial charge in [0.15, 0.2) is 5.78 Å². The Morgan fingerprint density at radius 2 is 1.13 bits per heavy atom. The van der Waals surface area contributed by atoms with Gasteiger partial charge in [-0.15, -0.1) is 0 Å². The maximum absolute atomic E-state index is 12.2. The number of ketones is 1. The number of hydrogen-bond donors (Lipinski definition) is 2. The van der Waals surface area contributed by atoms with Crippen molar-refractivity contribution in [3.63, 3.8) is 0 Å². The van der Waals surface area contributed by atoms with E-state index in [9.17, 15) is 14.4 Å². The molecule has 0 radical (unpaired) electrons. The van der Waals surface area contributed by atoms with Crippen molar-refractivity contribution >= 4 is 23.8 Å². The predicted molar refractivity (Wildman–Crippen MR) is 143 cm³/mol. The number of hydrogen-bond acceptors (Lipinski definition) is 5. The van der Waals surface area contributed by atoms with Gasteiger partial charge in [-0.1, -0.05) is 72.8 Å². The standard InChI is InChI=1S/C31H24O7/c32-29(24-4-2-1-3-5-24)15-8-21-6-9-22(10-7-21)23-11-13-27(14-12-23)37-16-17-38-28-19-25(30(33)34)18-26(20-28)31(35)36/h1-15,18-20H,16-17H2,(H,33,34)(H,35,36)/b15-8+. The Bertz CT molecular complexity index is 1420. The molecule has 190 valence electrons. The van der Waals surface area contributed by atoms with Crippen molar-refractivity contribution in [3.05, 3.63) is 125 Å². The highest BCUT2D eigenvalue weighted by atomic mass is 16.5. The van der Waals surface area contributed by atoms with E-state index in [1.54, 1.807) is 24.3 Å². The summed E-state index contributed by atoms with van der Waals surface area (Å²) in [5, 5.41) is 18.3. The fourth-order valence-corrected chi connectivity index (χ4v) is 3.65. The van der Waals surface area contributed by atoms with Crippen LogP contribution in [0, 0.1) is 0 Å². The van der Waals surface area contributed by atoms with Gasteiger partial charge in [-0.2, -0.15) is 0 Å². The molecular formula is C31H24O7. The lowest BCUT2D eigenvalue weighted by Gasteiger charge is -2.10. The van der Waals surface area contributed by atoms with Crippen molar-refractivity contribution in [2.24, 2.45) is 0 Å². The Morgan fingerprint density at radius 1 is 0.605 bits per heavy atom. The lowest BCUT2D eigenvalue weighted by atomic mass is 10.0. The molecule has 4 aromatic rings. The molecular weight excluding hydrogens is 484 g/mol. The molecule has 0 saturated carbocycles. The molecule has 0 aromatic heterocycles. The Balaban J connectivity index is 1.29. The summed E-state index contributed by atoms with van der Waals surface area (Å²) in [4.78, 5) is 34.6. The molecule has 0 heterocycles. The molecule has 0 spiro atoms. The molecule has 4 rings (SSSR count). The number of benzene rings is 4. The van der Waals surface area contributed by atoms with Gasteiger partial charge in [0.1, 0.15) is 24.7 Å². The number of ether oxygens (including phenoxy) is 2. The first-order chi connectivity index (χ1) is 18.4. The van der Waals surface area contributed by atoms with Gasteiger partial charge in [-0.05, 0) is 53.1 Å². The quantitative estimate of drug-likeness (QED) is 0.143. The summed E-state index contributed by atoms with van der Waals surface area (Å²) in [6.07, 6.45) is 3.35. The first kappa shape index (κ1) is 25.9. The smallest absolute Gasteiger partial charge is 0.335 e. The van der Waals surface area contributed by atoms with Gasteiger partial charge in [0.2, 0.25) is 0 Å². The van der Waals surface area contributed by atoms with Crippen molar-refractivity contribution in [3.8, 4) is 22.6 Å². The molecule has 0 saturated heterocycles. The molecule has 0 aliphatic heterocycles. The van der Waals surface area contributed by atoms with Crippen LogP contribution in [0.2, 0.25) is 0 Å². The van der Waals surface area contributed by atoms with Crippen molar-refractivity contribution in [1.29, 1.82) is 0 Å². The molecule has 0 atom stereocenters. The number of allylic oxidation sites excluding steroid dienone is 1. The maximum atomic E-state index is 12.2. The van der Waals surface area contributed by atoms with Crippen LogP contribution in [0.3, 0.4) is 0 Å². The lowest BCUT2D eigenvalue weighted by Crippen LogP contribution is -2.10. The van der Waals surface area contributed by atoms with Crippen LogP contribution in [0.25, 0.3) is 17.2 Å². The third-order valence-corrected chi connectivity index (χ3v) is 5.61. The molecule has 0 fully saturated rings. The van der Waals surface area contributed by atoms with E-state index in [0.717, 1.165) is 22.8 Å². The van der Waals surface area contributed by atoms with Gasteiger partial charge in [-0.3, -0.25) is 4.79 Å². The molecule has 7 heteroatoms. The monoisotopic (exact) mass is 508 g/mol. The van der Waals surface area contributed by atoms with Crippen LogP contribution in [-0.2, 0) is 0 Å². The van der Waals surface area contributed by atoms with E-state index in [1.165, 1.54) is 12.1 Å². The number of carboxylic acid groups (broad SMARTS) is 2. The summed E-state index contributed by atoms with van der Waals surface area (Å²) < 4.78 is 11.2. The van der Waals surface area contributed by atoms with Crippen LogP contribution in [-0.4, -0.2) is 41.1 Å². The first-order valence-corrected chi connectivity index (χ1v) is 11.7. The van der Waals surface area contributed by atoms with E-state index in [1.807, 2.05) is 66.7 Å². The second-order valence-corrected chi connectivity index (χ2v) is 8.26. The second kappa shape index (κ2) is 12.2.